The SMILES string of the molecule is COc1ccc(F)c(NCc2ccc(SC)cc2)c1. The third-order valence-corrected chi connectivity index (χ3v) is 3.56. The second-order valence-corrected chi connectivity index (χ2v) is 4.93. The first-order chi connectivity index (χ1) is 9.22. The normalized spacial score (nSPS) is 10.3. The zero-order valence-corrected chi connectivity index (χ0v) is 11.8. The molecular weight excluding hydrogens is 261 g/mol. The molecule has 100 valence electrons. The summed E-state index contributed by atoms with van der Waals surface area (Å²) in [5.41, 5.74) is 1.56. The van der Waals surface area contributed by atoms with Crippen LogP contribution in [0.2, 0.25) is 0 Å². The third kappa shape index (κ3) is 3.64. The quantitative estimate of drug-likeness (QED) is 0.829. The van der Waals surface area contributed by atoms with Crippen LogP contribution in [0, 0.1) is 5.82 Å². The highest BCUT2D eigenvalue weighted by molar-refractivity contribution is 7.98. The molecule has 1 N–H and O–H groups in total. The Morgan fingerprint density at radius 2 is 1.89 bits per heavy atom. The smallest absolute Gasteiger partial charge is 0.146 e. The zero-order chi connectivity index (χ0) is 13.7. The molecule has 0 spiro atoms. The van der Waals surface area contributed by atoms with E-state index in [4.69, 9.17) is 4.74 Å². The van der Waals surface area contributed by atoms with Crippen molar-refractivity contribution in [2.24, 2.45) is 0 Å². The molecule has 0 bridgehead atoms. The summed E-state index contributed by atoms with van der Waals surface area (Å²) in [5.74, 6) is 0.364. The Kier molecular flexibility index (Phi) is 4.68. The molecule has 0 atom stereocenters. The lowest BCUT2D eigenvalue weighted by Crippen LogP contribution is -2.01. The van der Waals surface area contributed by atoms with Gasteiger partial charge in [0.25, 0.3) is 0 Å². The summed E-state index contributed by atoms with van der Waals surface area (Å²) >= 11 is 1.70. The minimum Gasteiger partial charge on any atom is -0.497 e. The van der Waals surface area contributed by atoms with Gasteiger partial charge in [0.15, 0.2) is 0 Å². The van der Waals surface area contributed by atoms with E-state index in [0.29, 0.717) is 18.0 Å². The van der Waals surface area contributed by atoms with Crippen molar-refractivity contribution in [3.8, 4) is 5.75 Å². The van der Waals surface area contributed by atoms with Crippen molar-refractivity contribution in [2.45, 2.75) is 11.4 Å². The monoisotopic (exact) mass is 277 g/mol. The molecule has 0 aliphatic heterocycles. The van der Waals surface area contributed by atoms with E-state index in [-0.39, 0.29) is 5.82 Å². The number of ether oxygens (including phenoxy) is 1. The molecule has 0 aliphatic rings. The number of benzene rings is 2. The minimum atomic E-state index is -0.276. The average Bonchev–Trinajstić information content (AvgIpc) is 2.47. The molecule has 0 aliphatic carbocycles. The highest BCUT2D eigenvalue weighted by atomic mass is 32.2. The third-order valence-electron chi connectivity index (χ3n) is 2.82. The van der Waals surface area contributed by atoms with Crippen molar-refractivity contribution in [2.75, 3.05) is 18.7 Å². The van der Waals surface area contributed by atoms with Crippen molar-refractivity contribution < 1.29 is 9.13 Å². The molecule has 0 radical (unpaired) electrons. The highest BCUT2D eigenvalue weighted by Gasteiger charge is 2.03. The Morgan fingerprint density at radius 3 is 2.53 bits per heavy atom. The van der Waals surface area contributed by atoms with Gasteiger partial charge in [-0.05, 0) is 36.1 Å². The van der Waals surface area contributed by atoms with Gasteiger partial charge in [0.05, 0.1) is 12.8 Å². The number of rotatable bonds is 5. The average molecular weight is 277 g/mol. The van der Waals surface area contributed by atoms with Crippen LogP contribution in [0.5, 0.6) is 5.75 Å². The summed E-state index contributed by atoms with van der Waals surface area (Å²) in [7, 11) is 1.57. The van der Waals surface area contributed by atoms with Crippen molar-refractivity contribution in [3.05, 3.63) is 53.8 Å². The van der Waals surface area contributed by atoms with Crippen LogP contribution in [0.4, 0.5) is 10.1 Å². The molecule has 4 heteroatoms. The first kappa shape index (κ1) is 13.7. The molecule has 2 nitrogen and oxygen atoms in total. The second-order valence-electron chi connectivity index (χ2n) is 4.05. The van der Waals surface area contributed by atoms with E-state index >= 15 is 0 Å². The Bertz CT molecular complexity index is 542. The predicted molar refractivity (Wildman–Crippen MR) is 78.5 cm³/mol. The summed E-state index contributed by atoms with van der Waals surface area (Å²) in [4.78, 5) is 1.22. The first-order valence-corrected chi connectivity index (χ1v) is 7.15. The maximum Gasteiger partial charge on any atom is 0.146 e. The predicted octanol–water partition coefficient (Wildman–Crippen LogP) is 4.17. The number of methoxy groups -OCH3 is 1. The van der Waals surface area contributed by atoms with E-state index in [0.717, 1.165) is 5.56 Å². The maximum atomic E-state index is 13.6. The molecule has 0 unspecified atom stereocenters. The fourth-order valence-corrected chi connectivity index (χ4v) is 2.12. The standard InChI is InChI=1S/C15H16FNOS/c1-18-12-5-8-14(16)15(9-12)17-10-11-3-6-13(19-2)7-4-11/h3-9,17H,10H2,1-2H3. The van der Waals surface area contributed by atoms with Gasteiger partial charge in [-0.25, -0.2) is 4.39 Å². The first-order valence-electron chi connectivity index (χ1n) is 5.93. The fourth-order valence-electron chi connectivity index (χ4n) is 1.71. The van der Waals surface area contributed by atoms with Gasteiger partial charge >= 0.3 is 0 Å². The van der Waals surface area contributed by atoms with Gasteiger partial charge < -0.3 is 10.1 Å². The van der Waals surface area contributed by atoms with Crippen molar-refractivity contribution >= 4 is 17.4 Å². The van der Waals surface area contributed by atoms with Gasteiger partial charge in [-0.1, -0.05) is 12.1 Å². The summed E-state index contributed by atoms with van der Waals surface area (Å²) < 4.78 is 18.7. The highest BCUT2D eigenvalue weighted by Crippen LogP contribution is 2.22. The van der Waals surface area contributed by atoms with Crippen LogP contribution < -0.4 is 10.1 Å². The van der Waals surface area contributed by atoms with E-state index in [1.54, 1.807) is 31.0 Å². The molecule has 2 aromatic carbocycles. The summed E-state index contributed by atoms with van der Waals surface area (Å²) in [5, 5.41) is 3.08. The van der Waals surface area contributed by atoms with Crippen LogP contribution in [-0.2, 0) is 6.54 Å². The molecule has 0 heterocycles. The number of hydrogen-bond donors (Lipinski definition) is 1. The Balaban J connectivity index is 2.05. The van der Waals surface area contributed by atoms with Gasteiger partial charge in [0, 0.05) is 17.5 Å². The lowest BCUT2D eigenvalue weighted by atomic mass is 10.2. The van der Waals surface area contributed by atoms with Crippen molar-refractivity contribution in [3.63, 3.8) is 0 Å². The van der Waals surface area contributed by atoms with Crippen LogP contribution in [0.1, 0.15) is 5.56 Å². The van der Waals surface area contributed by atoms with Gasteiger partial charge in [0.2, 0.25) is 0 Å². The topological polar surface area (TPSA) is 21.3 Å². The number of nitrogens with one attached hydrogen (secondary N) is 1. The van der Waals surface area contributed by atoms with Gasteiger partial charge in [-0.3, -0.25) is 0 Å². The molecule has 0 aromatic heterocycles. The molecule has 0 saturated carbocycles. The van der Waals surface area contributed by atoms with Crippen molar-refractivity contribution in [1.29, 1.82) is 0 Å². The van der Waals surface area contributed by atoms with Crippen LogP contribution in [0.3, 0.4) is 0 Å². The molecule has 19 heavy (non-hydrogen) atoms. The van der Waals surface area contributed by atoms with E-state index in [2.05, 4.69) is 17.4 Å². The van der Waals surface area contributed by atoms with Crippen molar-refractivity contribution in [1.82, 2.24) is 0 Å². The Hall–Kier alpha value is -1.68. The molecule has 2 rings (SSSR count). The molecule has 0 saturated heterocycles. The van der Waals surface area contributed by atoms with Gasteiger partial charge in [0.1, 0.15) is 11.6 Å². The second kappa shape index (κ2) is 6.48. The van der Waals surface area contributed by atoms with E-state index < -0.39 is 0 Å². The lowest BCUT2D eigenvalue weighted by Gasteiger charge is -2.09. The van der Waals surface area contributed by atoms with E-state index in [1.807, 2.05) is 18.4 Å². The largest absolute Gasteiger partial charge is 0.497 e. The molecule has 2 aromatic rings. The lowest BCUT2D eigenvalue weighted by molar-refractivity contribution is 0.414. The number of anilines is 1. The van der Waals surface area contributed by atoms with Crippen LogP contribution >= 0.6 is 11.8 Å². The Labute approximate surface area is 117 Å². The van der Waals surface area contributed by atoms with Crippen LogP contribution in [0.25, 0.3) is 0 Å². The number of halogens is 1. The summed E-state index contributed by atoms with van der Waals surface area (Å²) in [6.45, 7) is 0.582. The molecule has 0 fully saturated rings. The van der Waals surface area contributed by atoms with E-state index in [9.17, 15) is 4.39 Å². The van der Waals surface area contributed by atoms with Gasteiger partial charge in [-0.15, -0.1) is 11.8 Å². The minimum absolute atomic E-state index is 0.276. The molecular formula is C15H16FNOS. The maximum absolute atomic E-state index is 13.6. The number of hydrogen-bond acceptors (Lipinski definition) is 3. The van der Waals surface area contributed by atoms with Gasteiger partial charge in [-0.2, -0.15) is 0 Å². The fraction of sp³-hybridized carbons (Fsp3) is 0.200. The number of thioether (sulfide) groups is 1. The zero-order valence-electron chi connectivity index (χ0n) is 10.9. The van der Waals surface area contributed by atoms with E-state index in [1.165, 1.54) is 11.0 Å². The summed E-state index contributed by atoms with van der Waals surface area (Å²) in [6, 6.07) is 12.9. The summed E-state index contributed by atoms with van der Waals surface area (Å²) in [6.07, 6.45) is 2.04. The van der Waals surface area contributed by atoms with Crippen LogP contribution in [-0.4, -0.2) is 13.4 Å². The van der Waals surface area contributed by atoms with Crippen LogP contribution in [0.15, 0.2) is 47.4 Å². The molecule has 0 amide bonds. The Morgan fingerprint density at radius 1 is 1.16 bits per heavy atom.